The standard InChI is InChI=1S/C22H23N3O3/c1-3-13-24-18-7-5-6-8-19(18)25(22(28)21(24)27)15-20(26)23-14-17-11-9-16(4-2)10-12-17/h3,5-12H,1,4,13-15H2,2H3,(H,23,26). The number of nitrogens with one attached hydrogen (secondary N) is 1. The Bertz CT molecular complexity index is 1120. The van der Waals surface area contributed by atoms with Gasteiger partial charge >= 0.3 is 11.1 Å². The molecule has 0 aliphatic carbocycles. The fourth-order valence-corrected chi connectivity index (χ4v) is 3.13. The van der Waals surface area contributed by atoms with Crippen LogP contribution in [0.25, 0.3) is 11.0 Å². The number of fused-ring (bicyclic) bond motifs is 1. The highest BCUT2D eigenvalue weighted by atomic mass is 16.2. The smallest absolute Gasteiger partial charge is 0.317 e. The first-order chi connectivity index (χ1) is 13.5. The summed E-state index contributed by atoms with van der Waals surface area (Å²) in [5.41, 5.74) is 1.95. The summed E-state index contributed by atoms with van der Waals surface area (Å²) in [5, 5.41) is 2.81. The molecule has 0 spiro atoms. The van der Waals surface area contributed by atoms with Gasteiger partial charge in [0.15, 0.2) is 0 Å². The summed E-state index contributed by atoms with van der Waals surface area (Å²) < 4.78 is 2.60. The second kappa shape index (κ2) is 8.52. The second-order valence-electron chi connectivity index (χ2n) is 6.53. The molecule has 6 heteroatoms. The van der Waals surface area contributed by atoms with Crippen molar-refractivity contribution in [3.05, 3.63) is 93.0 Å². The van der Waals surface area contributed by atoms with E-state index in [1.807, 2.05) is 24.3 Å². The number of nitrogens with zero attached hydrogens (tertiary/aromatic N) is 2. The zero-order chi connectivity index (χ0) is 20.1. The van der Waals surface area contributed by atoms with Gasteiger partial charge in [-0.25, -0.2) is 0 Å². The Morgan fingerprint density at radius 2 is 1.54 bits per heavy atom. The third kappa shape index (κ3) is 3.96. The predicted molar refractivity (Wildman–Crippen MR) is 110 cm³/mol. The topological polar surface area (TPSA) is 73.1 Å². The highest BCUT2D eigenvalue weighted by Gasteiger charge is 2.14. The van der Waals surface area contributed by atoms with Crippen LogP contribution in [-0.4, -0.2) is 15.0 Å². The summed E-state index contributed by atoms with van der Waals surface area (Å²) in [4.78, 5) is 37.5. The van der Waals surface area contributed by atoms with Gasteiger partial charge in [0, 0.05) is 13.1 Å². The first kappa shape index (κ1) is 19.4. The largest absolute Gasteiger partial charge is 0.350 e. The van der Waals surface area contributed by atoms with Crippen LogP contribution in [0.1, 0.15) is 18.1 Å². The van der Waals surface area contributed by atoms with Gasteiger partial charge in [-0.05, 0) is 29.7 Å². The third-order valence-corrected chi connectivity index (χ3v) is 4.67. The van der Waals surface area contributed by atoms with Crippen LogP contribution in [0.15, 0.2) is 70.8 Å². The molecule has 0 fully saturated rings. The van der Waals surface area contributed by atoms with Crippen molar-refractivity contribution in [1.29, 1.82) is 0 Å². The van der Waals surface area contributed by atoms with E-state index < -0.39 is 11.1 Å². The van der Waals surface area contributed by atoms with Crippen LogP contribution < -0.4 is 16.4 Å². The van der Waals surface area contributed by atoms with Gasteiger partial charge in [0.1, 0.15) is 6.54 Å². The number of aromatic nitrogens is 2. The van der Waals surface area contributed by atoms with Gasteiger partial charge in [0.2, 0.25) is 5.91 Å². The molecule has 2 aromatic carbocycles. The van der Waals surface area contributed by atoms with Crippen molar-refractivity contribution >= 4 is 16.9 Å². The monoisotopic (exact) mass is 377 g/mol. The number of hydrogen-bond donors (Lipinski definition) is 1. The number of carbonyl (C=O) groups is 1. The van der Waals surface area contributed by atoms with Gasteiger partial charge in [-0.3, -0.25) is 23.5 Å². The lowest BCUT2D eigenvalue weighted by atomic mass is 10.1. The molecule has 0 unspecified atom stereocenters. The van der Waals surface area contributed by atoms with Crippen molar-refractivity contribution in [2.24, 2.45) is 0 Å². The van der Waals surface area contributed by atoms with Crippen molar-refractivity contribution in [1.82, 2.24) is 14.5 Å². The zero-order valence-corrected chi connectivity index (χ0v) is 15.9. The molecule has 0 saturated heterocycles. The van der Waals surface area contributed by atoms with Gasteiger partial charge in [0.25, 0.3) is 0 Å². The molecule has 0 bridgehead atoms. The molecule has 6 nitrogen and oxygen atoms in total. The molecule has 3 rings (SSSR count). The van der Waals surface area contributed by atoms with E-state index in [-0.39, 0.29) is 19.0 Å². The fourth-order valence-electron chi connectivity index (χ4n) is 3.13. The summed E-state index contributed by atoms with van der Waals surface area (Å²) >= 11 is 0. The number of rotatable bonds is 7. The highest BCUT2D eigenvalue weighted by Crippen LogP contribution is 2.10. The van der Waals surface area contributed by atoms with E-state index in [2.05, 4.69) is 18.8 Å². The van der Waals surface area contributed by atoms with Gasteiger partial charge in [-0.1, -0.05) is 49.4 Å². The molecule has 0 aliphatic heterocycles. The van der Waals surface area contributed by atoms with Gasteiger partial charge in [-0.2, -0.15) is 0 Å². The summed E-state index contributed by atoms with van der Waals surface area (Å²) in [5.74, 6) is -0.326. The minimum atomic E-state index is -0.719. The molecular weight excluding hydrogens is 354 g/mol. The number of aryl methyl sites for hydroxylation is 1. The van der Waals surface area contributed by atoms with E-state index in [0.29, 0.717) is 17.6 Å². The first-order valence-electron chi connectivity index (χ1n) is 9.23. The molecule has 1 heterocycles. The van der Waals surface area contributed by atoms with E-state index in [0.717, 1.165) is 12.0 Å². The van der Waals surface area contributed by atoms with Crippen molar-refractivity contribution in [2.45, 2.75) is 33.0 Å². The number of amides is 1. The third-order valence-electron chi connectivity index (χ3n) is 4.67. The van der Waals surface area contributed by atoms with E-state index in [1.54, 1.807) is 30.3 Å². The maximum atomic E-state index is 12.6. The van der Waals surface area contributed by atoms with Crippen molar-refractivity contribution in [2.75, 3.05) is 0 Å². The highest BCUT2D eigenvalue weighted by molar-refractivity contribution is 5.80. The normalized spacial score (nSPS) is 10.8. The summed E-state index contributed by atoms with van der Waals surface area (Å²) in [7, 11) is 0. The minimum Gasteiger partial charge on any atom is -0.350 e. The molecule has 0 radical (unpaired) electrons. The van der Waals surface area contributed by atoms with Crippen molar-refractivity contribution < 1.29 is 4.79 Å². The summed E-state index contributed by atoms with van der Waals surface area (Å²) in [6, 6.07) is 15.0. The molecule has 1 N–H and O–H groups in total. The van der Waals surface area contributed by atoms with Gasteiger partial charge in [0.05, 0.1) is 11.0 Å². The Morgan fingerprint density at radius 3 is 2.14 bits per heavy atom. The Morgan fingerprint density at radius 1 is 0.964 bits per heavy atom. The van der Waals surface area contributed by atoms with Crippen LogP contribution in [0.4, 0.5) is 0 Å². The SMILES string of the molecule is C=CCn1c(=O)c(=O)n(CC(=O)NCc2ccc(CC)cc2)c2ccccc21. The number of allylic oxidation sites excluding steroid dienone is 1. The molecule has 0 aliphatic rings. The van der Waals surface area contributed by atoms with E-state index in [1.165, 1.54) is 14.7 Å². The minimum absolute atomic E-state index is 0.212. The number of para-hydroxylation sites is 2. The molecule has 28 heavy (non-hydrogen) atoms. The number of hydrogen-bond acceptors (Lipinski definition) is 3. The number of carbonyl (C=O) groups excluding carboxylic acids is 1. The Balaban J connectivity index is 1.85. The first-order valence-corrected chi connectivity index (χ1v) is 9.23. The van der Waals surface area contributed by atoms with Crippen molar-refractivity contribution in [3.8, 4) is 0 Å². The maximum absolute atomic E-state index is 12.6. The Labute approximate surface area is 162 Å². The average molecular weight is 377 g/mol. The molecular formula is C22H23N3O3. The quantitative estimate of drug-likeness (QED) is 0.507. The van der Waals surface area contributed by atoms with Crippen LogP contribution in [-0.2, 0) is 30.8 Å². The average Bonchev–Trinajstić information content (AvgIpc) is 2.73. The van der Waals surface area contributed by atoms with Crippen LogP contribution in [0.2, 0.25) is 0 Å². The lowest BCUT2D eigenvalue weighted by Crippen LogP contribution is -2.43. The van der Waals surface area contributed by atoms with E-state index in [9.17, 15) is 14.4 Å². The van der Waals surface area contributed by atoms with Crippen LogP contribution in [0, 0.1) is 0 Å². The fraction of sp³-hybridized carbons (Fsp3) is 0.227. The summed E-state index contributed by atoms with van der Waals surface area (Å²) in [6.07, 6.45) is 2.52. The van der Waals surface area contributed by atoms with Crippen LogP contribution in [0.5, 0.6) is 0 Å². The van der Waals surface area contributed by atoms with Crippen molar-refractivity contribution in [3.63, 3.8) is 0 Å². The Hall–Kier alpha value is -3.41. The molecule has 0 saturated carbocycles. The molecule has 3 aromatic rings. The lowest BCUT2D eigenvalue weighted by Gasteiger charge is -2.14. The predicted octanol–water partition coefficient (Wildman–Crippen LogP) is 2.23. The zero-order valence-electron chi connectivity index (χ0n) is 15.9. The van der Waals surface area contributed by atoms with E-state index in [4.69, 9.17) is 0 Å². The van der Waals surface area contributed by atoms with Gasteiger partial charge < -0.3 is 5.32 Å². The lowest BCUT2D eigenvalue weighted by molar-refractivity contribution is -0.121. The second-order valence-corrected chi connectivity index (χ2v) is 6.53. The molecule has 1 amide bonds. The molecule has 0 atom stereocenters. The van der Waals surface area contributed by atoms with Gasteiger partial charge in [-0.15, -0.1) is 6.58 Å². The Kier molecular flexibility index (Phi) is 5.89. The summed E-state index contributed by atoms with van der Waals surface area (Å²) in [6.45, 7) is 6.10. The molecule has 144 valence electrons. The maximum Gasteiger partial charge on any atom is 0.317 e. The van der Waals surface area contributed by atoms with E-state index >= 15 is 0 Å². The number of benzene rings is 2. The van der Waals surface area contributed by atoms with Crippen LogP contribution in [0.3, 0.4) is 0 Å². The van der Waals surface area contributed by atoms with Crippen LogP contribution >= 0.6 is 0 Å². The molecule has 1 aromatic heterocycles.